The van der Waals surface area contributed by atoms with Crippen LogP contribution < -0.4 is 5.32 Å². The second-order valence-electron chi connectivity index (χ2n) is 5.87. The van der Waals surface area contributed by atoms with Gasteiger partial charge in [-0.1, -0.05) is 0 Å². The summed E-state index contributed by atoms with van der Waals surface area (Å²) in [5.41, 5.74) is 3.08. The molecule has 0 radical (unpaired) electrons. The van der Waals surface area contributed by atoms with Gasteiger partial charge in [0.15, 0.2) is 5.65 Å². The van der Waals surface area contributed by atoms with E-state index in [2.05, 4.69) is 20.5 Å². The van der Waals surface area contributed by atoms with Crippen molar-refractivity contribution in [2.45, 2.75) is 13.8 Å². The summed E-state index contributed by atoms with van der Waals surface area (Å²) in [6.45, 7) is 3.59. The van der Waals surface area contributed by atoms with Crippen molar-refractivity contribution in [2.75, 3.05) is 5.32 Å². The highest BCUT2D eigenvalue weighted by Crippen LogP contribution is 2.17. The van der Waals surface area contributed by atoms with Gasteiger partial charge >= 0.3 is 0 Å². The molecule has 7 nitrogen and oxygen atoms in total. The third-order valence-electron chi connectivity index (χ3n) is 4.02. The molecule has 4 rings (SSSR count). The second kappa shape index (κ2) is 6.07. The molecule has 0 aliphatic rings. The molecule has 1 N–H and O–H groups in total. The zero-order chi connectivity index (χ0) is 18.3. The summed E-state index contributed by atoms with van der Waals surface area (Å²) in [4.78, 5) is 16.9. The minimum Gasteiger partial charge on any atom is -0.320 e. The third kappa shape index (κ3) is 2.81. The predicted molar refractivity (Wildman–Crippen MR) is 93.9 cm³/mol. The predicted octanol–water partition coefficient (Wildman–Crippen LogP) is 2.92. The quantitative estimate of drug-likeness (QED) is 0.616. The minimum atomic E-state index is -0.324. The van der Waals surface area contributed by atoms with Gasteiger partial charge in [-0.2, -0.15) is 10.2 Å². The SMILES string of the molecule is Cc1nc2ccc(NC(=O)c3cnn(-c4ccc(F)cc4)c3C)cn2n1. The van der Waals surface area contributed by atoms with E-state index < -0.39 is 0 Å². The number of carbonyl (C=O) groups is 1. The Labute approximate surface area is 148 Å². The zero-order valence-electron chi connectivity index (χ0n) is 14.1. The maximum atomic E-state index is 13.1. The molecule has 4 aromatic rings. The van der Waals surface area contributed by atoms with Crippen molar-refractivity contribution < 1.29 is 9.18 Å². The molecule has 0 aliphatic heterocycles. The van der Waals surface area contributed by atoms with Crippen LogP contribution in [0.3, 0.4) is 0 Å². The molecule has 0 saturated carbocycles. The normalized spacial score (nSPS) is 11.0. The fourth-order valence-electron chi connectivity index (χ4n) is 2.74. The van der Waals surface area contributed by atoms with Gasteiger partial charge in [0.1, 0.15) is 11.6 Å². The molecule has 0 bridgehead atoms. The molecule has 1 amide bonds. The lowest BCUT2D eigenvalue weighted by Crippen LogP contribution is -2.13. The average molecular weight is 350 g/mol. The number of benzene rings is 1. The monoisotopic (exact) mass is 350 g/mol. The van der Waals surface area contributed by atoms with E-state index in [9.17, 15) is 9.18 Å². The van der Waals surface area contributed by atoms with Crippen LogP contribution in [0.1, 0.15) is 21.9 Å². The molecule has 0 saturated heterocycles. The molecule has 3 aromatic heterocycles. The average Bonchev–Trinajstić information content (AvgIpc) is 3.17. The topological polar surface area (TPSA) is 77.1 Å². The minimum absolute atomic E-state index is 0.285. The van der Waals surface area contributed by atoms with Crippen LogP contribution in [-0.2, 0) is 0 Å². The van der Waals surface area contributed by atoms with E-state index in [0.29, 0.717) is 34.1 Å². The van der Waals surface area contributed by atoms with Crippen LogP contribution in [0.4, 0.5) is 10.1 Å². The van der Waals surface area contributed by atoms with Gasteiger partial charge in [-0.3, -0.25) is 4.79 Å². The van der Waals surface area contributed by atoms with E-state index in [1.807, 2.05) is 0 Å². The number of aromatic nitrogens is 5. The highest BCUT2D eigenvalue weighted by molar-refractivity contribution is 6.04. The number of halogens is 1. The molecular weight excluding hydrogens is 335 g/mol. The van der Waals surface area contributed by atoms with Crippen LogP contribution in [0.25, 0.3) is 11.3 Å². The highest BCUT2D eigenvalue weighted by Gasteiger charge is 2.16. The van der Waals surface area contributed by atoms with Crippen molar-refractivity contribution in [3.8, 4) is 5.69 Å². The van der Waals surface area contributed by atoms with Crippen LogP contribution in [-0.4, -0.2) is 30.3 Å². The maximum absolute atomic E-state index is 13.1. The van der Waals surface area contributed by atoms with Crippen molar-refractivity contribution in [2.24, 2.45) is 0 Å². The third-order valence-corrected chi connectivity index (χ3v) is 4.02. The molecule has 130 valence electrons. The fourth-order valence-corrected chi connectivity index (χ4v) is 2.74. The number of carbonyl (C=O) groups excluding carboxylic acids is 1. The summed E-state index contributed by atoms with van der Waals surface area (Å²) in [5, 5.41) is 11.3. The van der Waals surface area contributed by atoms with E-state index in [0.717, 1.165) is 0 Å². The lowest BCUT2D eigenvalue weighted by atomic mass is 10.2. The Hall–Kier alpha value is -3.55. The van der Waals surface area contributed by atoms with E-state index in [1.54, 1.807) is 53.5 Å². The number of amides is 1. The number of rotatable bonds is 3. The Kier molecular flexibility index (Phi) is 3.72. The van der Waals surface area contributed by atoms with Crippen molar-refractivity contribution in [1.29, 1.82) is 0 Å². The van der Waals surface area contributed by atoms with Crippen LogP contribution in [0.2, 0.25) is 0 Å². The first-order valence-electron chi connectivity index (χ1n) is 7.96. The fraction of sp³-hybridized carbons (Fsp3) is 0.111. The first-order chi connectivity index (χ1) is 12.5. The summed E-state index contributed by atoms with van der Waals surface area (Å²) in [5.74, 6) is 0.0483. The lowest BCUT2D eigenvalue weighted by molar-refractivity contribution is 0.102. The maximum Gasteiger partial charge on any atom is 0.259 e. The summed E-state index contributed by atoms with van der Waals surface area (Å²) >= 11 is 0. The Morgan fingerprint density at radius 3 is 2.65 bits per heavy atom. The van der Waals surface area contributed by atoms with Crippen LogP contribution >= 0.6 is 0 Å². The first kappa shape index (κ1) is 15.9. The molecule has 26 heavy (non-hydrogen) atoms. The van der Waals surface area contributed by atoms with Crippen LogP contribution in [0.15, 0.2) is 48.8 Å². The molecule has 3 heterocycles. The molecule has 8 heteroatoms. The van der Waals surface area contributed by atoms with Gasteiger partial charge in [0.05, 0.1) is 35.0 Å². The molecule has 0 unspecified atom stereocenters. The summed E-state index contributed by atoms with van der Waals surface area (Å²) in [6.07, 6.45) is 3.19. The number of anilines is 1. The largest absolute Gasteiger partial charge is 0.320 e. The molecule has 0 fully saturated rings. The van der Waals surface area contributed by atoms with Gasteiger partial charge in [0, 0.05) is 0 Å². The van der Waals surface area contributed by atoms with E-state index in [-0.39, 0.29) is 11.7 Å². The number of hydrogen-bond donors (Lipinski definition) is 1. The van der Waals surface area contributed by atoms with Gasteiger partial charge in [0.25, 0.3) is 5.91 Å². The number of pyridine rings is 1. The number of fused-ring (bicyclic) bond motifs is 1. The van der Waals surface area contributed by atoms with Crippen LogP contribution in [0, 0.1) is 19.7 Å². The number of aryl methyl sites for hydroxylation is 1. The van der Waals surface area contributed by atoms with Crippen molar-refractivity contribution in [3.05, 3.63) is 71.7 Å². The van der Waals surface area contributed by atoms with Crippen molar-refractivity contribution >= 4 is 17.2 Å². The van der Waals surface area contributed by atoms with Gasteiger partial charge < -0.3 is 5.32 Å². The number of hydrogen-bond acceptors (Lipinski definition) is 4. The molecule has 0 aliphatic carbocycles. The summed E-state index contributed by atoms with van der Waals surface area (Å²) in [7, 11) is 0. The van der Waals surface area contributed by atoms with Crippen LogP contribution in [0.5, 0.6) is 0 Å². The van der Waals surface area contributed by atoms with Gasteiger partial charge in [-0.15, -0.1) is 0 Å². The number of nitrogens with zero attached hydrogens (tertiary/aromatic N) is 5. The summed E-state index contributed by atoms with van der Waals surface area (Å²) in [6, 6.07) is 9.47. The standard InChI is InChI=1S/C18H15FN6O/c1-11-16(9-20-25(11)15-6-3-13(19)4-7-15)18(26)22-14-5-8-17-21-12(2)23-24(17)10-14/h3-10H,1-2H3,(H,22,26). The Bertz CT molecular complexity index is 1110. The van der Waals surface area contributed by atoms with Gasteiger partial charge in [-0.25, -0.2) is 18.6 Å². The first-order valence-corrected chi connectivity index (χ1v) is 7.96. The van der Waals surface area contributed by atoms with Crippen molar-refractivity contribution in [1.82, 2.24) is 24.4 Å². The van der Waals surface area contributed by atoms with Gasteiger partial charge in [-0.05, 0) is 50.2 Å². The Morgan fingerprint density at radius 2 is 1.88 bits per heavy atom. The zero-order valence-corrected chi connectivity index (χ0v) is 14.1. The smallest absolute Gasteiger partial charge is 0.259 e. The second-order valence-corrected chi connectivity index (χ2v) is 5.87. The van der Waals surface area contributed by atoms with Gasteiger partial charge in [0.2, 0.25) is 0 Å². The Balaban J connectivity index is 1.60. The molecular formula is C18H15FN6O. The van der Waals surface area contributed by atoms with E-state index >= 15 is 0 Å². The van der Waals surface area contributed by atoms with Crippen molar-refractivity contribution in [3.63, 3.8) is 0 Å². The Morgan fingerprint density at radius 1 is 1.12 bits per heavy atom. The molecule has 0 spiro atoms. The molecule has 0 atom stereocenters. The highest BCUT2D eigenvalue weighted by atomic mass is 19.1. The van der Waals surface area contributed by atoms with E-state index in [4.69, 9.17) is 0 Å². The lowest BCUT2D eigenvalue weighted by Gasteiger charge is -2.07. The summed E-state index contributed by atoms with van der Waals surface area (Å²) < 4.78 is 16.3. The number of nitrogens with one attached hydrogen (secondary N) is 1. The molecule has 1 aromatic carbocycles. The van der Waals surface area contributed by atoms with E-state index in [1.165, 1.54) is 18.3 Å².